The van der Waals surface area contributed by atoms with E-state index in [1.54, 1.807) is 0 Å². The molecular formula is C14H28OS. The fraction of sp³-hybridized carbons (Fsp3) is 0.929. The number of unbranched alkanes of at least 4 members (excludes halogenated alkanes) is 7. The summed E-state index contributed by atoms with van der Waals surface area (Å²) in [5, 5.41) is 0.826. The molecule has 0 spiro atoms. The summed E-state index contributed by atoms with van der Waals surface area (Å²) >= 11 is 5.18. The zero-order valence-electron chi connectivity index (χ0n) is 11.1. The van der Waals surface area contributed by atoms with Crippen LogP contribution in [0.5, 0.6) is 0 Å². The molecule has 0 N–H and O–H groups in total. The Labute approximate surface area is 107 Å². The normalized spacial score (nSPS) is 10.4. The van der Waals surface area contributed by atoms with Gasteiger partial charge in [0.1, 0.15) is 0 Å². The van der Waals surface area contributed by atoms with E-state index in [0.717, 1.165) is 24.5 Å². The average Bonchev–Trinajstić information content (AvgIpc) is 2.29. The first-order chi connectivity index (χ1) is 7.81. The van der Waals surface area contributed by atoms with Gasteiger partial charge in [-0.15, -0.1) is 0 Å². The summed E-state index contributed by atoms with van der Waals surface area (Å²) in [5.41, 5.74) is 0. The Balaban J connectivity index is 3.11. The van der Waals surface area contributed by atoms with E-state index in [2.05, 4.69) is 13.8 Å². The number of hydrogen-bond acceptors (Lipinski definition) is 2. The molecule has 0 radical (unpaired) electrons. The lowest BCUT2D eigenvalue weighted by atomic mass is 10.1. The van der Waals surface area contributed by atoms with Gasteiger partial charge in [0.2, 0.25) is 0 Å². The standard InChI is InChI=1S/C14H28OS/c1-3-5-7-9-11-13-15-14(16)12-10-8-6-4-2/h3-13H2,1-2H3. The molecule has 0 amide bonds. The second-order valence-electron chi connectivity index (χ2n) is 4.45. The van der Waals surface area contributed by atoms with E-state index in [1.807, 2.05) is 0 Å². The summed E-state index contributed by atoms with van der Waals surface area (Å²) in [6, 6.07) is 0. The maximum absolute atomic E-state index is 5.53. The minimum absolute atomic E-state index is 0.826. The highest BCUT2D eigenvalue weighted by Crippen LogP contribution is 2.06. The molecule has 2 heteroatoms. The zero-order valence-corrected chi connectivity index (χ0v) is 11.9. The van der Waals surface area contributed by atoms with Crippen LogP contribution in [0.3, 0.4) is 0 Å². The first-order valence-corrected chi connectivity index (χ1v) is 7.37. The van der Waals surface area contributed by atoms with Gasteiger partial charge in [-0.3, -0.25) is 0 Å². The molecule has 0 aromatic heterocycles. The highest BCUT2D eigenvalue weighted by atomic mass is 32.1. The molecule has 0 rings (SSSR count). The third-order valence-electron chi connectivity index (χ3n) is 2.75. The summed E-state index contributed by atoms with van der Waals surface area (Å²) < 4.78 is 5.53. The van der Waals surface area contributed by atoms with Crippen LogP contribution in [0.1, 0.15) is 78.1 Å². The molecule has 0 saturated heterocycles. The average molecular weight is 244 g/mol. The summed E-state index contributed by atoms with van der Waals surface area (Å²) in [7, 11) is 0. The topological polar surface area (TPSA) is 9.23 Å². The van der Waals surface area contributed by atoms with Crippen molar-refractivity contribution in [2.24, 2.45) is 0 Å². The van der Waals surface area contributed by atoms with Gasteiger partial charge in [0.25, 0.3) is 0 Å². The van der Waals surface area contributed by atoms with Crippen LogP contribution in [-0.2, 0) is 4.74 Å². The number of rotatable bonds is 11. The molecule has 1 nitrogen and oxygen atoms in total. The van der Waals surface area contributed by atoms with Crippen molar-refractivity contribution in [3.8, 4) is 0 Å². The molecule has 0 heterocycles. The van der Waals surface area contributed by atoms with Crippen molar-refractivity contribution in [1.82, 2.24) is 0 Å². The van der Waals surface area contributed by atoms with Gasteiger partial charge in [-0.2, -0.15) is 0 Å². The smallest absolute Gasteiger partial charge is 0.159 e. The van der Waals surface area contributed by atoms with Crippen LogP contribution in [0.15, 0.2) is 0 Å². The SMILES string of the molecule is CCCCCCCOC(=S)CCCCCC. The highest BCUT2D eigenvalue weighted by molar-refractivity contribution is 7.80. The molecule has 0 saturated carbocycles. The third-order valence-corrected chi connectivity index (χ3v) is 3.07. The van der Waals surface area contributed by atoms with Crippen LogP contribution in [0.2, 0.25) is 0 Å². The van der Waals surface area contributed by atoms with E-state index in [-0.39, 0.29) is 0 Å². The van der Waals surface area contributed by atoms with E-state index in [4.69, 9.17) is 17.0 Å². The molecule has 0 aromatic rings. The van der Waals surface area contributed by atoms with Gasteiger partial charge in [0.15, 0.2) is 5.05 Å². The van der Waals surface area contributed by atoms with E-state index in [1.165, 1.54) is 51.4 Å². The molecule has 0 bridgehead atoms. The molecule has 0 aliphatic carbocycles. The molecule has 0 unspecified atom stereocenters. The van der Waals surface area contributed by atoms with Crippen molar-refractivity contribution in [3.05, 3.63) is 0 Å². The summed E-state index contributed by atoms with van der Waals surface area (Å²) in [5.74, 6) is 0. The lowest BCUT2D eigenvalue weighted by molar-refractivity contribution is 0.291. The first-order valence-electron chi connectivity index (χ1n) is 6.96. The molecule has 0 atom stereocenters. The van der Waals surface area contributed by atoms with E-state index < -0.39 is 0 Å². The predicted molar refractivity (Wildman–Crippen MR) is 76.1 cm³/mol. The summed E-state index contributed by atoms with van der Waals surface area (Å²) in [4.78, 5) is 0. The molecule has 96 valence electrons. The van der Waals surface area contributed by atoms with Gasteiger partial charge < -0.3 is 4.74 Å². The Morgan fingerprint density at radius 3 is 2.00 bits per heavy atom. The molecule has 0 fully saturated rings. The van der Waals surface area contributed by atoms with Crippen LogP contribution in [0.25, 0.3) is 0 Å². The van der Waals surface area contributed by atoms with Gasteiger partial charge in [0, 0.05) is 6.42 Å². The lowest BCUT2D eigenvalue weighted by Crippen LogP contribution is -2.03. The molecule has 0 aliphatic heterocycles. The fourth-order valence-corrected chi connectivity index (χ4v) is 1.89. The van der Waals surface area contributed by atoms with Crippen molar-refractivity contribution < 1.29 is 4.74 Å². The largest absolute Gasteiger partial charge is 0.487 e. The molecule has 16 heavy (non-hydrogen) atoms. The van der Waals surface area contributed by atoms with Gasteiger partial charge in [0.05, 0.1) is 6.61 Å². The quantitative estimate of drug-likeness (QED) is 0.361. The monoisotopic (exact) mass is 244 g/mol. The second-order valence-corrected chi connectivity index (χ2v) is 4.90. The number of ether oxygens (including phenoxy) is 1. The zero-order chi connectivity index (χ0) is 12.1. The van der Waals surface area contributed by atoms with Crippen LogP contribution in [0.4, 0.5) is 0 Å². The van der Waals surface area contributed by atoms with Gasteiger partial charge in [-0.25, -0.2) is 0 Å². The van der Waals surface area contributed by atoms with Crippen LogP contribution < -0.4 is 0 Å². The first kappa shape index (κ1) is 15.9. The maximum atomic E-state index is 5.53. The Morgan fingerprint density at radius 1 is 0.812 bits per heavy atom. The maximum Gasteiger partial charge on any atom is 0.159 e. The van der Waals surface area contributed by atoms with Crippen LogP contribution in [-0.4, -0.2) is 11.7 Å². The third kappa shape index (κ3) is 12.0. The number of hydrogen-bond donors (Lipinski definition) is 0. The van der Waals surface area contributed by atoms with E-state index >= 15 is 0 Å². The molecule has 0 aromatic carbocycles. The minimum Gasteiger partial charge on any atom is -0.487 e. The Morgan fingerprint density at radius 2 is 1.38 bits per heavy atom. The van der Waals surface area contributed by atoms with Crippen molar-refractivity contribution in [2.75, 3.05) is 6.61 Å². The number of thiocarbonyl (C=S) groups is 1. The van der Waals surface area contributed by atoms with Gasteiger partial charge >= 0.3 is 0 Å². The Kier molecular flexibility index (Phi) is 12.9. The fourth-order valence-electron chi connectivity index (χ4n) is 1.66. The molecular weight excluding hydrogens is 216 g/mol. The van der Waals surface area contributed by atoms with Crippen molar-refractivity contribution >= 4 is 17.3 Å². The predicted octanol–water partition coefficient (Wildman–Crippen LogP) is 5.27. The summed E-state index contributed by atoms with van der Waals surface area (Å²) in [6.45, 7) is 5.30. The Hall–Kier alpha value is -0.110. The lowest BCUT2D eigenvalue weighted by Gasteiger charge is -2.07. The van der Waals surface area contributed by atoms with Crippen LogP contribution >= 0.6 is 12.2 Å². The van der Waals surface area contributed by atoms with Crippen molar-refractivity contribution in [3.63, 3.8) is 0 Å². The van der Waals surface area contributed by atoms with Crippen molar-refractivity contribution in [2.45, 2.75) is 78.1 Å². The summed E-state index contributed by atoms with van der Waals surface area (Å²) in [6.07, 6.45) is 12.5. The minimum atomic E-state index is 0.826. The Bertz CT molecular complexity index is 157. The van der Waals surface area contributed by atoms with Gasteiger partial charge in [-0.05, 0) is 25.1 Å². The molecule has 0 aliphatic rings. The van der Waals surface area contributed by atoms with Crippen molar-refractivity contribution in [1.29, 1.82) is 0 Å². The second kappa shape index (κ2) is 13.0. The van der Waals surface area contributed by atoms with E-state index in [9.17, 15) is 0 Å². The highest BCUT2D eigenvalue weighted by Gasteiger charge is 1.97. The van der Waals surface area contributed by atoms with Gasteiger partial charge in [-0.1, -0.05) is 58.8 Å². The van der Waals surface area contributed by atoms with E-state index in [0.29, 0.717) is 0 Å². The van der Waals surface area contributed by atoms with Crippen LogP contribution in [0, 0.1) is 0 Å².